The van der Waals surface area contributed by atoms with Crippen molar-refractivity contribution in [2.45, 2.75) is 33.1 Å². The van der Waals surface area contributed by atoms with Gasteiger partial charge in [-0.2, -0.15) is 0 Å². The summed E-state index contributed by atoms with van der Waals surface area (Å²) in [6.07, 6.45) is 1.92. The highest BCUT2D eigenvalue weighted by atomic mass is 16.5. The van der Waals surface area contributed by atoms with E-state index in [1.54, 1.807) is 12.0 Å². The molecule has 1 N–H and O–H groups in total. The number of para-hydroxylation sites is 1. The molecule has 5 nitrogen and oxygen atoms in total. The Kier molecular flexibility index (Phi) is 5.79. The lowest BCUT2D eigenvalue weighted by Crippen LogP contribution is -2.28. The van der Waals surface area contributed by atoms with Crippen molar-refractivity contribution in [2.75, 3.05) is 23.9 Å². The van der Waals surface area contributed by atoms with Gasteiger partial charge in [-0.25, -0.2) is 0 Å². The molecule has 1 aliphatic heterocycles. The number of hydrogen-bond donors (Lipinski definition) is 1. The average molecular weight is 366 g/mol. The minimum absolute atomic E-state index is 0.0390. The molecular formula is C22H26N2O3. The number of ether oxygens (including phenoxy) is 1. The molecule has 142 valence electrons. The largest absolute Gasteiger partial charge is 0.497 e. The van der Waals surface area contributed by atoms with Crippen LogP contribution in [0.2, 0.25) is 0 Å². The maximum Gasteiger partial charge on any atom is 0.229 e. The molecule has 1 saturated heterocycles. The zero-order valence-electron chi connectivity index (χ0n) is 16.1. The van der Waals surface area contributed by atoms with Crippen molar-refractivity contribution < 1.29 is 14.3 Å². The number of benzene rings is 2. The molecule has 1 aliphatic rings. The maximum absolute atomic E-state index is 12.9. The molecule has 1 heterocycles. The molecule has 2 aromatic carbocycles. The van der Waals surface area contributed by atoms with Gasteiger partial charge in [0.05, 0.1) is 13.0 Å². The van der Waals surface area contributed by atoms with Crippen LogP contribution in [-0.4, -0.2) is 25.5 Å². The van der Waals surface area contributed by atoms with Gasteiger partial charge in [0.2, 0.25) is 11.8 Å². The normalized spacial score (nSPS) is 16.5. The number of anilines is 2. The Hall–Kier alpha value is -2.82. The van der Waals surface area contributed by atoms with E-state index in [-0.39, 0.29) is 24.2 Å². The number of carbonyl (C=O) groups excluding carboxylic acids is 2. The summed E-state index contributed by atoms with van der Waals surface area (Å²) in [4.78, 5) is 27.0. The van der Waals surface area contributed by atoms with Crippen molar-refractivity contribution >= 4 is 23.2 Å². The summed E-state index contributed by atoms with van der Waals surface area (Å²) in [5.41, 5.74) is 3.91. The lowest BCUT2D eigenvalue weighted by Gasteiger charge is -2.19. The zero-order valence-corrected chi connectivity index (χ0v) is 16.1. The Bertz CT molecular complexity index is 825. The zero-order chi connectivity index (χ0) is 19.4. The number of nitrogens with one attached hydrogen (secondary N) is 1. The first-order valence-corrected chi connectivity index (χ1v) is 9.43. The third kappa shape index (κ3) is 3.97. The molecule has 27 heavy (non-hydrogen) atoms. The fourth-order valence-corrected chi connectivity index (χ4v) is 3.54. The number of hydrogen-bond acceptors (Lipinski definition) is 3. The van der Waals surface area contributed by atoms with Crippen LogP contribution < -0.4 is 15.0 Å². The van der Waals surface area contributed by atoms with Crippen molar-refractivity contribution in [1.29, 1.82) is 0 Å². The van der Waals surface area contributed by atoms with Crippen LogP contribution in [0.15, 0.2) is 42.5 Å². The third-order valence-corrected chi connectivity index (χ3v) is 5.11. The summed E-state index contributed by atoms with van der Waals surface area (Å²) in [6, 6.07) is 13.5. The van der Waals surface area contributed by atoms with E-state index in [1.165, 1.54) is 0 Å². The summed E-state index contributed by atoms with van der Waals surface area (Å²) in [5, 5.41) is 3.10. The number of rotatable bonds is 6. The molecule has 0 spiro atoms. The SMILES string of the molecule is CCc1cccc(CC)c1NC(=O)C1CC(=O)N(c2cccc(OC)c2)C1. The number of aryl methyl sites for hydroxylation is 2. The van der Waals surface area contributed by atoms with E-state index in [0.29, 0.717) is 12.3 Å². The second-order valence-corrected chi connectivity index (χ2v) is 6.75. The minimum atomic E-state index is -0.363. The van der Waals surface area contributed by atoms with Crippen LogP contribution in [0.25, 0.3) is 0 Å². The number of nitrogens with zero attached hydrogens (tertiary/aromatic N) is 1. The van der Waals surface area contributed by atoms with Crippen molar-refractivity contribution in [3.63, 3.8) is 0 Å². The third-order valence-electron chi connectivity index (χ3n) is 5.11. The molecule has 0 aromatic heterocycles. The summed E-state index contributed by atoms with van der Waals surface area (Å²) < 4.78 is 5.24. The first kappa shape index (κ1) is 19.0. The van der Waals surface area contributed by atoms with Crippen LogP contribution in [-0.2, 0) is 22.4 Å². The molecule has 0 aliphatic carbocycles. The molecule has 0 bridgehead atoms. The van der Waals surface area contributed by atoms with E-state index in [2.05, 4.69) is 19.2 Å². The lowest BCUT2D eigenvalue weighted by molar-refractivity contribution is -0.122. The van der Waals surface area contributed by atoms with Crippen LogP contribution in [0.5, 0.6) is 5.75 Å². The van der Waals surface area contributed by atoms with Crippen LogP contribution in [0.3, 0.4) is 0 Å². The first-order chi connectivity index (χ1) is 13.1. The molecule has 1 atom stereocenters. The van der Waals surface area contributed by atoms with Gasteiger partial charge in [0.1, 0.15) is 5.75 Å². The molecular weight excluding hydrogens is 340 g/mol. The van der Waals surface area contributed by atoms with Crippen LogP contribution in [0.4, 0.5) is 11.4 Å². The molecule has 3 rings (SSSR count). The molecule has 0 radical (unpaired) electrons. The van der Waals surface area contributed by atoms with Gasteiger partial charge in [-0.3, -0.25) is 9.59 Å². The highest BCUT2D eigenvalue weighted by molar-refractivity contribution is 6.04. The highest BCUT2D eigenvalue weighted by Crippen LogP contribution is 2.29. The van der Waals surface area contributed by atoms with Crippen molar-refractivity contribution in [2.24, 2.45) is 5.92 Å². The van der Waals surface area contributed by atoms with Gasteiger partial charge in [-0.15, -0.1) is 0 Å². The van der Waals surface area contributed by atoms with Crippen LogP contribution >= 0.6 is 0 Å². The standard InChI is InChI=1S/C22H26N2O3/c1-4-15-8-6-9-16(5-2)21(15)23-22(26)17-12-20(25)24(14-17)18-10-7-11-19(13-18)27-3/h6-11,13,17H,4-5,12,14H2,1-3H3,(H,23,26). The molecule has 1 unspecified atom stereocenters. The summed E-state index contributed by atoms with van der Waals surface area (Å²) >= 11 is 0. The first-order valence-electron chi connectivity index (χ1n) is 9.43. The van der Waals surface area contributed by atoms with Gasteiger partial charge >= 0.3 is 0 Å². The molecule has 1 fully saturated rings. The van der Waals surface area contributed by atoms with Crippen molar-refractivity contribution in [3.05, 3.63) is 53.6 Å². The van der Waals surface area contributed by atoms with Gasteiger partial charge in [-0.05, 0) is 36.1 Å². The van der Waals surface area contributed by atoms with Crippen LogP contribution in [0, 0.1) is 5.92 Å². The number of carbonyl (C=O) groups is 2. The minimum Gasteiger partial charge on any atom is -0.497 e. The van der Waals surface area contributed by atoms with E-state index >= 15 is 0 Å². The van der Waals surface area contributed by atoms with Crippen LogP contribution in [0.1, 0.15) is 31.4 Å². The molecule has 5 heteroatoms. The Morgan fingerprint density at radius 3 is 2.44 bits per heavy atom. The Balaban J connectivity index is 1.77. The van der Waals surface area contributed by atoms with Crippen molar-refractivity contribution in [3.8, 4) is 5.75 Å². The monoisotopic (exact) mass is 366 g/mol. The molecule has 2 aromatic rings. The van der Waals surface area contributed by atoms with E-state index in [1.807, 2.05) is 42.5 Å². The summed E-state index contributed by atoms with van der Waals surface area (Å²) in [6.45, 7) is 4.54. The predicted molar refractivity (Wildman–Crippen MR) is 107 cm³/mol. The predicted octanol–water partition coefficient (Wildman–Crippen LogP) is 3.81. The van der Waals surface area contributed by atoms with E-state index in [0.717, 1.165) is 35.3 Å². The Morgan fingerprint density at radius 2 is 1.81 bits per heavy atom. The number of methoxy groups -OCH3 is 1. The average Bonchev–Trinajstić information content (AvgIpc) is 3.10. The van der Waals surface area contributed by atoms with Gasteiger partial charge < -0.3 is 15.0 Å². The fraction of sp³-hybridized carbons (Fsp3) is 0.364. The Morgan fingerprint density at radius 1 is 1.15 bits per heavy atom. The van der Waals surface area contributed by atoms with E-state index in [9.17, 15) is 9.59 Å². The smallest absolute Gasteiger partial charge is 0.229 e. The lowest BCUT2D eigenvalue weighted by atomic mass is 10.0. The summed E-state index contributed by atoms with van der Waals surface area (Å²) in [5.74, 6) is 0.197. The summed E-state index contributed by atoms with van der Waals surface area (Å²) in [7, 11) is 1.59. The second-order valence-electron chi connectivity index (χ2n) is 6.75. The maximum atomic E-state index is 12.9. The topological polar surface area (TPSA) is 58.6 Å². The van der Waals surface area contributed by atoms with Crippen molar-refractivity contribution in [1.82, 2.24) is 0 Å². The van der Waals surface area contributed by atoms with Gasteiger partial charge in [-0.1, -0.05) is 38.1 Å². The van der Waals surface area contributed by atoms with Gasteiger partial charge in [0.15, 0.2) is 0 Å². The van der Waals surface area contributed by atoms with Gasteiger partial charge in [0.25, 0.3) is 0 Å². The molecule has 2 amide bonds. The van der Waals surface area contributed by atoms with E-state index in [4.69, 9.17) is 4.74 Å². The fourth-order valence-electron chi connectivity index (χ4n) is 3.54. The molecule has 0 saturated carbocycles. The highest BCUT2D eigenvalue weighted by Gasteiger charge is 2.35. The second kappa shape index (κ2) is 8.25. The number of amides is 2. The van der Waals surface area contributed by atoms with E-state index < -0.39 is 0 Å². The Labute approximate surface area is 160 Å². The quantitative estimate of drug-likeness (QED) is 0.846. The van der Waals surface area contributed by atoms with Gasteiger partial charge in [0, 0.05) is 30.4 Å².